The Morgan fingerprint density at radius 3 is 2.53 bits per heavy atom. The maximum absolute atomic E-state index is 12.5. The van der Waals surface area contributed by atoms with Crippen LogP contribution in [0.4, 0.5) is 5.82 Å². The van der Waals surface area contributed by atoms with Gasteiger partial charge in [0.1, 0.15) is 11.6 Å². The lowest BCUT2D eigenvalue weighted by molar-refractivity contribution is 0.102. The fourth-order valence-electron chi connectivity index (χ4n) is 4.39. The standard InChI is InChI=1S/C27H27N5O5S/c1-36-21-10-7-19(8-11-21)26(33)29-24-14-9-20(16-28-24)25-30-27(37-31-25)23-4-3-15-32(23)17-18-5-12-22(13-6-18)38(2,34)35/h5-14,16,23H,3-4,15,17H2,1-2H3,(H,28,29,33)/t23-/m0/s1. The van der Waals surface area contributed by atoms with Gasteiger partial charge in [0, 0.05) is 30.1 Å². The fraction of sp³-hybridized carbons (Fsp3) is 0.259. The number of amides is 1. The van der Waals surface area contributed by atoms with Crippen LogP contribution in [-0.2, 0) is 16.4 Å². The van der Waals surface area contributed by atoms with Crippen molar-refractivity contribution in [2.75, 3.05) is 25.2 Å². The number of sulfone groups is 1. The molecule has 1 atom stereocenters. The zero-order chi connectivity index (χ0) is 26.7. The lowest BCUT2D eigenvalue weighted by Gasteiger charge is -2.21. The van der Waals surface area contributed by atoms with Gasteiger partial charge in [-0.2, -0.15) is 4.98 Å². The van der Waals surface area contributed by atoms with Crippen LogP contribution >= 0.6 is 0 Å². The van der Waals surface area contributed by atoms with Crippen molar-refractivity contribution in [3.63, 3.8) is 0 Å². The number of carbonyl (C=O) groups is 1. The van der Waals surface area contributed by atoms with Crippen LogP contribution in [0.2, 0.25) is 0 Å². The maximum atomic E-state index is 12.5. The zero-order valence-electron chi connectivity index (χ0n) is 21.0. The van der Waals surface area contributed by atoms with E-state index in [9.17, 15) is 13.2 Å². The monoisotopic (exact) mass is 533 g/mol. The van der Waals surface area contributed by atoms with Crippen LogP contribution in [0.25, 0.3) is 11.4 Å². The van der Waals surface area contributed by atoms with Crippen molar-refractivity contribution in [3.8, 4) is 17.1 Å². The topological polar surface area (TPSA) is 128 Å². The van der Waals surface area contributed by atoms with Gasteiger partial charge in [-0.05, 0) is 73.5 Å². The third-order valence-corrected chi connectivity index (χ3v) is 7.57. The van der Waals surface area contributed by atoms with Gasteiger partial charge in [-0.3, -0.25) is 9.69 Å². The van der Waals surface area contributed by atoms with Gasteiger partial charge in [-0.25, -0.2) is 13.4 Å². The number of nitrogens with zero attached hydrogens (tertiary/aromatic N) is 4. The molecule has 5 rings (SSSR count). The Bertz CT molecular complexity index is 1520. The van der Waals surface area contributed by atoms with E-state index < -0.39 is 9.84 Å². The molecule has 196 valence electrons. The highest BCUT2D eigenvalue weighted by Gasteiger charge is 2.31. The first-order chi connectivity index (χ1) is 18.3. The lowest BCUT2D eigenvalue weighted by Crippen LogP contribution is -2.23. The number of aromatic nitrogens is 3. The first-order valence-electron chi connectivity index (χ1n) is 12.1. The van der Waals surface area contributed by atoms with E-state index in [1.54, 1.807) is 61.8 Å². The summed E-state index contributed by atoms with van der Waals surface area (Å²) in [6, 6.07) is 17.2. The molecule has 1 amide bonds. The summed E-state index contributed by atoms with van der Waals surface area (Å²) >= 11 is 0. The van der Waals surface area contributed by atoms with E-state index in [-0.39, 0.29) is 11.9 Å². The minimum atomic E-state index is -3.23. The summed E-state index contributed by atoms with van der Waals surface area (Å²) in [5.74, 6) is 1.75. The summed E-state index contributed by atoms with van der Waals surface area (Å²) in [4.78, 5) is 24.0. The minimum absolute atomic E-state index is 0.0261. The quantitative estimate of drug-likeness (QED) is 0.355. The van der Waals surface area contributed by atoms with Gasteiger partial charge in [0.05, 0.1) is 18.0 Å². The van der Waals surface area contributed by atoms with Crippen molar-refractivity contribution < 1.29 is 22.5 Å². The average molecular weight is 534 g/mol. The normalized spacial score (nSPS) is 15.9. The van der Waals surface area contributed by atoms with Crippen molar-refractivity contribution in [2.45, 2.75) is 30.3 Å². The molecule has 1 aliphatic heterocycles. The predicted octanol–water partition coefficient (Wildman–Crippen LogP) is 4.13. The van der Waals surface area contributed by atoms with E-state index >= 15 is 0 Å². The Balaban J connectivity index is 1.23. The third kappa shape index (κ3) is 5.74. The summed E-state index contributed by atoms with van der Waals surface area (Å²) in [6.07, 6.45) is 4.67. The van der Waals surface area contributed by atoms with E-state index in [2.05, 4.69) is 25.3 Å². The molecule has 0 saturated carbocycles. The second-order valence-electron chi connectivity index (χ2n) is 9.12. The number of rotatable bonds is 8. The van der Waals surface area contributed by atoms with E-state index in [0.29, 0.717) is 45.8 Å². The summed E-state index contributed by atoms with van der Waals surface area (Å²) in [5.41, 5.74) is 2.18. The van der Waals surface area contributed by atoms with Crippen molar-refractivity contribution in [1.29, 1.82) is 0 Å². The van der Waals surface area contributed by atoms with Crippen LogP contribution in [0, 0.1) is 0 Å². The van der Waals surface area contributed by atoms with Gasteiger partial charge < -0.3 is 14.6 Å². The highest BCUT2D eigenvalue weighted by atomic mass is 32.2. The number of likely N-dealkylation sites (tertiary alicyclic amines) is 1. The maximum Gasteiger partial charge on any atom is 0.256 e. The molecule has 10 nitrogen and oxygen atoms in total. The fourth-order valence-corrected chi connectivity index (χ4v) is 5.02. The van der Waals surface area contributed by atoms with Gasteiger partial charge in [-0.1, -0.05) is 17.3 Å². The van der Waals surface area contributed by atoms with Crippen molar-refractivity contribution >= 4 is 21.6 Å². The Hall–Kier alpha value is -4.09. The van der Waals surface area contributed by atoms with E-state index in [1.165, 1.54) is 6.26 Å². The van der Waals surface area contributed by atoms with Crippen LogP contribution in [-0.4, -0.2) is 54.3 Å². The van der Waals surface area contributed by atoms with Crippen LogP contribution in [0.5, 0.6) is 5.75 Å². The molecule has 1 aliphatic rings. The number of pyridine rings is 1. The molecule has 0 unspecified atom stereocenters. The molecule has 38 heavy (non-hydrogen) atoms. The second-order valence-corrected chi connectivity index (χ2v) is 11.1. The minimum Gasteiger partial charge on any atom is -0.497 e. The van der Waals surface area contributed by atoms with Gasteiger partial charge in [0.15, 0.2) is 9.84 Å². The van der Waals surface area contributed by atoms with Crippen molar-refractivity contribution in [2.24, 2.45) is 0 Å². The number of nitrogens with one attached hydrogen (secondary N) is 1. The molecule has 0 aliphatic carbocycles. The summed E-state index contributed by atoms with van der Waals surface area (Å²) in [5, 5.41) is 6.92. The number of ether oxygens (including phenoxy) is 1. The van der Waals surface area contributed by atoms with E-state index in [4.69, 9.17) is 9.26 Å². The summed E-state index contributed by atoms with van der Waals surface area (Å²) < 4.78 is 34.2. The zero-order valence-corrected chi connectivity index (χ0v) is 21.8. The van der Waals surface area contributed by atoms with Gasteiger partial charge in [0.2, 0.25) is 11.7 Å². The number of hydrogen-bond donors (Lipinski definition) is 1. The molecule has 0 spiro atoms. The Labute approximate surface area is 220 Å². The molecule has 0 bridgehead atoms. The molecule has 4 aromatic rings. The van der Waals surface area contributed by atoms with Crippen molar-refractivity contribution in [3.05, 3.63) is 83.9 Å². The molecule has 3 heterocycles. The van der Waals surface area contributed by atoms with Crippen LogP contribution < -0.4 is 10.1 Å². The van der Waals surface area contributed by atoms with Crippen LogP contribution in [0.3, 0.4) is 0 Å². The SMILES string of the molecule is COc1ccc(C(=O)Nc2ccc(-c3noc([C@@H]4CCCN4Cc4ccc(S(C)(=O)=O)cc4)n3)cn2)cc1. The molecular weight excluding hydrogens is 506 g/mol. The molecule has 1 saturated heterocycles. The molecule has 1 N–H and O–H groups in total. The van der Waals surface area contributed by atoms with Gasteiger partial charge >= 0.3 is 0 Å². The van der Waals surface area contributed by atoms with Gasteiger partial charge in [0.25, 0.3) is 5.91 Å². The smallest absolute Gasteiger partial charge is 0.256 e. The first kappa shape index (κ1) is 25.6. The number of hydrogen-bond acceptors (Lipinski definition) is 9. The first-order valence-corrected chi connectivity index (χ1v) is 14.0. The Morgan fingerprint density at radius 1 is 1.11 bits per heavy atom. The predicted molar refractivity (Wildman–Crippen MR) is 140 cm³/mol. The summed E-state index contributed by atoms with van der Waals surface area (Å²) in [6.45, 7) is 1.52. The van der Waals surface area contributed by atoms with Crippen LogP contribution in [0.15, 0.2) is 76.3 Å². The average Bonchev–Trinajstić information content (AvgIpc) is 3.59. The second kappa shape index (κ2) is 10.7. The van der Waals surface area contributed by atoms with Crippen molar-refractivity contribution in [1.82, 2.24) is 20.0 Å². The molecular formula is C27H27N5O5S. The largest absolute Gasteiger partial charge is 0.497 e. The number of benzene rings is 2. The Morgan fingerprint density at radius 2 is 1.87 bits per heavy atom. The Kier molecular flexibility index (Phi) is 7.21. The molecule has 11 heteroatoms. The number of anilines is 1. The molecule has 1 fully saturated rings. The summed E-state index contributed by atoms with van der Waals surface area (Å²) in [7, 11) is -1.65. The van der Waals surface area contributed by atoms with Crippen LogP contribution in [0.1, 0.15) is 40.7 Å². The van der Waals surface area contributed by atoms with Gasteiger partial charge in [-0.15, -0.1) is 0 Å². The lowest BCUT2D eigenvalue weighted by atomic mass is 10.2. The van der Waals surface area contributed by atoms with E-state index in [0.717, 1.165) is 24.9 Å². The molecule has 2 aromatic carbocycles. The molecule has 0 radical (unpaired) electrons. The molecule has 2 aromatic heterocycles. The highest BCUT2D eigenvalue weighted by Crippen LogP contribution is 2.33. The number of methoxy groups -OCH3 is 1. The third-order valence-electron chi connectivity index (χ3n) is 6.44. The van der Waals surface area contributed by atoms with E-state index in [1.807, 2.05) is 12.1 Å². The highest BCUT2D eigenvalue weighted by molar-refractivity contribution is 7.90. The number of carbonyl (C=O) groups excluding carboxylic acids is 1.